The first-order valence-electron chi connectivity index (χ1n) is 10.3. The van der Waals surface area contributed by atoms with E-state index in [4.69, 9.17) is 21.1 Å². The summed E-state index contributed by atoms with van der Waals surface area (Å²) in [5.41, 5.74) is 4.63. The molecule has 0 spiro atoms. The number of hydrogen-bond donors (Lipinski definition) is 2. The lowest BCUT2D eigenvalue weighted by atomic mass is 10.1. The van der Waals surface area contributed by atoms with E-state index < -0.39 is 17.8 Å². The second kappa shape index (κ2) is 11.6. The molecule has 8 nitrogen and oxygen atoms in total. The highest BCUT2D eigenvalue weighted by atomic mass is 79.9. The number of anilines is 1. The minimum Gasteiger partial charge on any atom is -0.493 e. The molecule has 180 valence electrons. The number of rotatable bonds is 6. The van der Waals surface area contributed by atoms with Crippen LogP contribution in [-0.2, 0) is 9.59 Å². The quantitative estimate of drug-likeness (QED) is 0.144. The minimum atomic E-state index is -0.949. The van der Waals surface area contributed by atoms with Crippen LogP contribution in [0.25, 0.3) is 0 Å². The maximum absolute atomic E-state index is 12.5. The zero-order valence-electron chi connectivity index (χ0n) is 19.0. The van der Waals surface area contributed by atoms with Crippen molar-refractivity contribution in [2.75, 3.05) is 12.4 Å². The van der Waals surface area contributed by atoms with Crippen LogP contribution in [-0.4, -0.2) is 30.6 Å². The maximum Gasteiger partial charge on any atom is 0.344 e. The molecule has 35 heavy (non-hydrogen) atoms. The van der Waals surface area contributed by atoms with Crippen molar-refractivity contribution in [3.05, 3.63) is 86.8 Å². The Bertz CT molecular complexity index is 1330. The van der Waals surface area contributed by atoms with Gasteiger partial charge in [-0.15, -0.1) is 0 Å². The van der Waals surface area contributed by atoms with Crippen LogP contribution in [0.15, 0.2) is 70.2 Å². The first-order chi connectivity index (χ1) is 16.7. The fourth-order valence-electron chi connectivity index (χ4n) is 2.93. The normalized spacial score (nSPS) is 10.9. The van der Waals surface area contributed by atoms with E-state index >= 15 is 0 Å². The van der Waals surface area contributed by atoms with Gasteiger partial charge in [-0.25, -0.2) is 10.2 Å². The van der Waals surface area contributed by atoms with Gasteiger partial charge in [0.05, 0.1) is 18.4 Å². The molecule has 0 bridgehead atoms. The third kappa shape index (κ3) is 6.46. The molecule has 3 aromatic rings. The SMILES string of the molecule is COc1cc(C(C)=NNC(=O)C(=O)Nc2cccc(Cl)c2C)ccc1OC(=O)c1ccccc1Br. The average Bonchev–Trinajstić information content (AvgIpc) is 2.85. The summed E-state index contributed by atoms with van der Waals surface area (Å²) >= 11 is 9.36. The highest BCUT2D eigenvalue weighted by Crippen LogP contribution is 2.30. The van der Waals surface area contributed by atoms with E-state index in [2.05, 4.69) is 31.8 Å². The molecule has 0 aliphatic heterocycles. The monoisotopic (exact) mass is 557 g/mol. The van der Waals surface area contributed by atoms with E-state index in [0.717, 1.165) is 0 Å². The standard InChI is InChI=1S/C25H21BrClN3O5/c1-14-19(27)9-6-10-20(14)28-23(31)24(32)30-29-15(2)16-11-12-21(22(13-16)34-3)35-25(33)17-7-4-5-8-18(17)26/h4-13H,1-3H3,(H,28,31)(H,30,32). The van der Waals surface area contributed by atoms with Crippen molar-refractivity contribution in [2.45, 2.75) is 13.8 Å². The first-order valence-corrected chi connectivity index (χ1v) is 11.4. The van der Waals surface area contributed by atoms with Gasteiger partial charge < -0.3 is 14.8 Å². The highest BCUT2D eigenvalue weighted by Gasteiger charge is 2.17. The summed E-state index contributed by atoms with van der Waals surface area (Å²) in [6, 6.07) is 16.7. The Morgan fingerprint density at radius 1 is 0.971 bits per heavy atom. The Labute approximate surface area is 215 Å². The number of amides is 2. The van der Waals surface area contributed by atoms with Crippen LogP contribution in [0.3, 0.4) is 0 Å². The molecule has 10 heteroatoms. The molecule has 0 saturated heterocycles. The molecular formula is C25H21BrClN3O5. The van der Waals surface area contributed by atoms with Crippen molar-refractivity contribution in [2.24, 2.45) is 5.10 Å². The topological polar surface area (TPSA) is 106 Å². The van der Waals surface area contributed by atoms with Crippen LogP contribution in [0.2, 0.25) is 5.02 Å². The van der Waals surface area contributed by atoms with Gasteiger partial charge >= 0.3 is 17.8 Å². The maximum atomic E-state index is 12.5. The predicted molar refractivity (Wildman–Crippen MR) is 137 cm³/mol. The van der Waals surface area contributed by atoms with Gasteiger partial charge in [0.1, 0.15) is 0 Å². The van der Waals surface area contributed by atoms with Crippen molar-refractivity contribution >= 4 is 56.7 Å². The largest absolute Gasteiger partial charge is 0.493 e. The molecule has 3 rings (SSSR count). The van der Waals surface area contributed by atoms with Crippen LogP contribution >= 0.6 is 27.5 Å². The van der Waals surface area contributed by atoms with Crippen LogP contribution in [0.4, 0.5) is 5.69 Å². The Balaban J connectivity index is 1.69. The van der Waals surface area contributed by atoms with E-state index in [-0.39, 0.29) is 11.5 Å². The van der Waals surface area contributed by atoms with E-state index in [1.807, 2.05) is 0 Å². The van der Waals surface area contributed by atoms with Crippen LogP contribution in [0, 0.1) is 6.92 Å². The van der Waals surface area contributed by atoms with Crippen LogP contribution < -0.4 is 20.2 Å². The van der Waals surface area contributed by atoms with E-state index in [1.54, 1.807) is 74.5 Å². The zero-order valence-corrected chi connectivity index (χ0v) is 21.4. The molecule has 3 aromatic carbocycles. The smallest absolute Gasteiger partial charge is 0.344 e. The molecule has 0 heterocycles. The molecule has 2 amide bonds. The number of benzene rings is 3. The lowest BCUT2D eigenvalue weighted by molar-refractivity contribution is -0.136. The number of nitrogens with one attached hydrogen (secondary N) is 2. The summed E-state index contributed by atoms with van der Waals surface area (Å²) in [6.45, 7) is 3.37. The number of nitrogens with zero attached hydrogens (tertiary/aromatic N) is 1. The Kier molecular flexibility index (Phi) is 8.62. The molecule has 0 fully saturated rings. The third-order valence-electron chi connectivity index (χ3n) is 4.93. The summed E-state index contributed by atoms with van der Waals surface area (Å²) in [4.78, 5) is 36.9. The highest BCUT2D eigenvalue weighted by molar-refractivity contribution is 9.10. The molecule has 2 N–H and O–H groups in total. The predicted octanol–water partition coefficient (Wildman–Crippen LogP) is 5.12. The van der Waals surface area contributed by atoms with Crippen molar-refractivity contribution < 1.29 is 23.9 Å². The second-order valence-electron chi connectivity index (χ2n) is 7.24. The number of ether oxygens (including phenoxy) is 2. The number of carbonyl (C=O) groups excluding carboxylic acids is 3. The molecule has 0 aromatic heterocycles. The fraction of sp³-hybridized carbons (Fsp3) is 0.120. The van der Waals surface area contributed by atoms with Gasteiger partial charge in [0, 0.05) is 20.7 Å². The summed E-state index contributed by atoms with van der Waals surface area (Å²) in [5, 5.41) is 6.95. The molecule has 0 unspecified atom stereocenters. The molecule has 0 saturated carbocycles. The molecular weight excluding hydrogens is 538 g/mol. The summed E-state index contributed by atoms with van der Waals surface area (Å²) < 4.78 is 11.4. The third-order valence-corrected chi connectivity index (χ3v) is 6.03. The van der Waals surface area contributed by atoms with Crippen molar-refractivity contribution in [1.82, 2.24) is 5.43 Å². The lowest BCUT2D eigenvalue weighted by Crippen LogP contribution is -2.33. The summed E-state index contributed by atoms with van der Waals surface area (Å²) in [7, 11) is 1.44. The molecule has 0 aliphatic rings. The van der Waals surface area contributed by atoms with Crippen LogP contribution in [0.1, 0.15) is 28.4 Å². The van der Waals surface area contributed by atoms with Gasteiger partial charge in [-0.1, -0.05) is 29.8 Å². The van der Waals surface area contributed by atoms with Crippen molar-refractivity contribution in [1.29, 1.82) is 0 Å². The zero-order chi connectivity index (χ0) is 25.5. The minimum absolute atomic E-state index is 0.213. The molecule has 0 radical (unpaired) electrons. The number of halogens is 2. The van der Waals surface area contributed by atoms with Gasteiger partial charge in [0.25, 0.3) is 0 Å². The number of hydrogen-bond acceptors (Lipinski definition) is 6. The summed E-state index contributed by atoms with van der Waals surface area (Å²) in [6.07, 6.45) is 0. The van der Waals surface area contributed by atoms with E-state index in [9.17, 15) is 14.4 Å². The van der Waals surface area contributed by atoms with E-state index in [0.29, 0.717) is 37.6 Å². The van der Waals surface area contributed by atoms with Gasteiger partial charge in [-0.05, 0) is 77.8 Å². The van der Waals surface area contributed by atoms with Crippen molar-refractivity contribution in [3.8, 4) is 11.5 Å². The summed E-state index contributed by atoms with van der Waals surface area (Å²) in [5.74, 6) is -1.89. The number of carbonyl (C=O) groups is 3. The number of hydrazone groups is 1. The first kappa shape index (κ1) is 25.9. The lowest BCUT2D eigenvalue weighted by Gasteiger charge is -2.12. The van der Waals surface area contributed by atoms with Gasteiger partial charge in [-0.3, -0.25) is 9.59 Å². The van der Waals surface area contributed by atoms with Gasteiger partial charge in [0.2, 0.25) is 0 Å². The fourth-order valence-corrected chi connectivity index (χ4v) is 3.55. The number of esters is 1. The van der Waals surface area contributed by atoms with Gasteiger partial charge in [-0.2, -0.15) is 5.10 Å². The molecule has 0 aliphatic carbocycles. The van der Waals surface area contributed by atoms with Gasteiger partial charge in [0.15, 0.2) is 11.5 Å². The van der Waals surface area contributed by atoms with Crippen LogP contribution in [0.5, 0.6) is 11.5 Å². The second-order valence-corrected chi connectivity index (χ2v) is 8.50. The molecule has 0 atom stereocenters. The number of methoxy groups -OCH3 is 1. The Morgan fingerprint density at radius 2 is 1.71 bits per heavy atom. The van der Waals surface area contributed by atoms with E-state index in [1.165, 1.54) is 7.11 Å². The average molecular weight is 559 g/mol. The Hall–Kier alpha value is -3.69. The Morgan fingerprint density at radius 3 is 2.43 bits per heavy atom. The van der Waals surface area contributed by atoms with Crippen molar-refractivity contribution in [3.63, 3.8) is 0 Å².